The van der Waals surface area contributed by atoms with Crippen LogP contribution in [-0.2, 0) is 6.42 Å². The maximum absolute atomic E-state index is 4.39. The average molecular weight is 180 g/mol. The van der Waals surface area contributed by atoms with E-state index >= 15 is 0 Å². The molecule has 14 heavy (non-hydrogen) atoms. The Bertz CT molecular complexity index is 656. The zero-order chi connectivity index (χ0) is 9.12. The van der Waals surface area contributed by atoms with Gasteiger partial charge in [-0.2, -0.15) is 0 Å². The predicted octanol–water partition coefficient (Wildman–Crippen LogP) is 1.83. The molecule has 0 aromatic carbocycles. The first kappa shape index (κ1) is 6.60. The fourth-order valence-corrected chi connectivity index (χ4v) is 2.47. The second-order valence-corrected chi connectivity index (χ2v) is 3.76. The Morgan fingerprint density at radius 2 is 2.29 bits per heavy atom. The Kier molecular flexibility index (Phi) is 0.932. The summed E-state index contributed by atoms with van der Waals surface area (Å²) in [5.41, 5.74) is 6.52. The van der Waals surface area contributed by atoms with Gasteiger partial charge in [-0.1, -0.05) is 12.2 Å². The summed E-state index contributed by atoms with van der Waals surface area (Å²) in [5, 5.41) is 0. The second kappa shape index (κ2) is 1.98. The normalized spacial score (nSPS) is 16.3. The zero-order valence-corrected chi connectivity index (χ0v) is 7.57. The summed E-state index contributed by atoms with van der Waals surface area (Å²) in [4.78, 5) is 4.39. The predicted molar refractivity (Wildman–Crippen MR) is 55.9 cm³/mol. The Morgan fingerprint density at radius 3 is 3.29 bits per heavy atom. The number of aromatic nitrogens is 1. The molecule has 2 heteroatoms. The molecule has 0 N–H and O–H groups in total. The van der Waals surface area contributed by atoms with Gasteiger partial charge in [0.25, 0.3) is 0 Å². The summed E-state index contributed by atoms with van der Waals surface area (Å²) < 4.78 is 2.20. The van der Waals surface area contributed by atoms with Gasteiger partial charge in [-0.25, -0.2) is 4.99 Å². The highest BCUT2D eigenvalue weighted by molar-refractivity contribution is 5.82. The quantitative estimate of drug-likeness (QED) is 0.588. The highest BCUT2D eigenvalue weighted by atomic mass is 15.0. The minimum absolute atomic E-state index is 1.04. The van der Waals surface area contributed by atoms with Crippen LogP contribution >= 0.6 is 0 Å². The van der Waals surface area contributed by atoms with E-state index in [1.165, 1.54) is 22.2 Å². The Hall–Kier alpha value is -1.83. The van der Waals surface area contributed by atoms with Gasteiger partial charge in [0.05, 0.1) is 5.52 Å². The number of fused-ring (bicyclic) bond motifs is 3. The number of hydrogen-bond acceptors (Lipinski definition) is 1. The molecule has 0 saturated heterocycles. The van der Waals surface area contributed by atoms with Crippen LogP contribution in [0.4, 0.5) is 0 Å². The molecular weight excluding hydrogens is 172 g/mol. The maximum atomic E-state index is 4.39. The Balaban J connectivity index is 2.37. The minimum Gasteiger partial charge on any atom is -0.300 e. The van der Waals surface area contributed by atoms with Crippen molar-refractivity contribution in [3.8, 4) is 0 Å². The van der Waals surface area contributed by atoms with Crippen molar-refractivity contribution in [2.75, 3.05) is 0 Å². The van der Waals surface area contributed by atoms with Crippen molar-refractivity contribution >= 4 is 17.7 Å². The van der Waals surface area contributed by atoms with Crippen molar-refractivity contribution in [1.82, 2.24) is 4.40 Å². The summed E-state index contributed by atoms with van der Waals surface area (Å²) in [6.07, 6.45) is 11.6. The molecule has 0 bridgehead atoms. The Labute approximate surface area is 80.9 Å². The molecule has 2 nitrogen and oxygen atoms in total. The van der Waals surface area contributed by atoms with Crippen LogP contribution in [0, 0.1) is 0 Å². The molecule has 2 aromatic rings. The molecule has 0 atom stereocenters. The molecule has 0 amide bonds. The fraction of sp³-hybridized carbons (Fsp3) is 0.0833. The van der Waals surface area contributed by atoms with E-state index in [9.17, 15) is 0 Å². The van der Waals surface area contributed by atoms with Crippen LogP contribution in [0.1, 0.15) is 16.7 Å². The molecule has 0 spiro atoms. The van der Waals surface area contributed by atoms with E-state index in [-0.39, 0.29) is 0 Å². The van der Waals surface area contributed by atoms with E-state index in [2.05, 4.69) is 39.9 Å². The third-order valence-electron chi connectivity index (χ3n) is 3.05. The smallest absolute Gasteiger partial charge is 0.144 e. The third-order valence-corrected chi connectivity index (χ3v) is 3.05. The minimum atomic E-state index is 1.04. The van der Waals surface area contributed by atoms with E-state index < -0.39 is 0 Å². The van der Waals surface area contributed by atoms with Gasteiger partial charge in [0, 0.05) is 23.5 Å². The fourth-order valence-electron chi connectivity index (χ4n) is 2.47. The largest absolute Gasteiger partial charge is 0.300 e. The van der Waals surface area contributed by atoms with Crippen LogP contribution in [0.2, 0.25) is 0 Å². The van der Waals surface area contributed by atoms with Crippen LogP contribution in [0.3, 0.4) is 0 Å². The van der Waals surface area contributed by atoms with Gasteiger partial charge in [0.1, 0.15) is 5.49 Å². The van der Waals surface area contributed by atoms with Crippen LogP contribution in [-0.4, -0.2) is 4.40 Å². The maximum Gasteiger partial charge on any atom is 0.144 e. The van der Waals surface area contributed by atoms with Gasteiger partial charge in [0.2, 0.25) is 0 Å². The first-order chi connectivity index (χ1) is 6.95. The molecule has 3 heterocycles. The van der Waals surface area contributed by atoms with E-state index in [4.69, 9.17) is 0 Å². The summed E-state index contributed by atoms with van der Waals surface area (Å²) in [7, 11) is 0. The molecule has 0 saturated carbocycles. The van der Waals surface area contributed by atoms with Crippen LogP contribution < -0.4 is 5.49 Å². The van der Waals surface area contributed by atoms with E-state index in [1.54, 1.807) is 0 Å². The van der Waals surface area contributed by atoms with Crippen LogP contribution in [0.5, 0.6) is 0 Å². The molecular formula is C12H8N2. The molecule has 0 radical (unpaired) electrons. The first-order valence-electron chi connectivity index (χ1n) is 4.82. The first-order valence-corrected chi connectivity index (χ1v) is 4.82. The third kappa shape index (κ3) is 0.557. The van der Waals surface area contributed by atoms with Crippen molar-refractivity contribution in [3.63, 3.8) is 0 Å². The standard InChI is InChI=1S/C12H8N2/c1-2-8-5-7-14-11(8)9(3-1)10-4-6-13-12(10)14/h1-2,4-7H,3H2. The Morgan fingerprint density at radius 1 is 1.29 bits per heavy atom. The lowest BCUT2D eigenvalue weighted by Gasteiger charge is -2.02. The summed E-state index contributed by atoms with van der Waals surface area (Å²) in [5.74, 6) is 0. The van der Waals surface area contributed by atoms with Gasteiger partial charge in [0.15, 0.2) is 0 Å². The molecule has 4 rings (SSSR count). The lowest BCUT2D eigenvalue weighted by molar-refractivity contribution is 1.10. The van der Waals surface area contributed by atoms with E-state index in [0.29, 0.717) is 0 Å². The number of rotatable bonds is 0. The van der Waals surface area contributed by atoms with Gasteiger partial charge < -0.3 is 4.40 Å². The van der Waals surface area contributed by atoms with Gasteiger partial charge in [-0.15, -0.1) is 0 Å². The topological polar surface area (TPSA) is 16.8 Å². The van der Waals surface area contributed by atoms with Crippen molar-refractivity contribution < 1.29 is 0 Å². The molecule has 2 aromatic heterocycles. The SMILES string of the molecule is C1=Cc2ccn3c4c(c(c23)C1)C=CN=4. The summed E-state index contributed by atoms with van der Waals surface area (Å²) in [6, 6.07) is 2.16. The monoisotopic (exact) mass is 180 g/mol. The van der Waals surface area contributed by atoms with E-state index in [0.717, 1.165) is 11.9 Å². The lowest BCUT2D eigenvalue weighted by atomic mass is 10.0. The molecule has 0 unspecified atom stereocenters. The zero-order valence-electron chi connectivity index (χ0n) is 7.57. The van der Waals surface area contributed by atoms with Gasteiger partial charge in [-0.05, 0) is 24.1 Å². The van der Waals surface area contributed by atoms with Crippen molar-refractivity contribution in [2.24, 2.45) is 4.99 Å². The molecule has 66 valence electrons. The van der Waals surface area contributed by atoms with Crippen LogP contribution in [0.25, 0.3) is 17.7 Å². The number of hydrogen-bond donors (Lipinski definition) is 0. The molecule has 1 aliphatic heterocycles. The average Bonchev–Trinajstić information content (AvgIpc) is 2.87. The second-order valence-electron chi connectivity index (χ2n) is 3.76. The van der Waals surface area contributed by atoms with Crippen LogP contribution in [0.15, 0.2) is 29.5 Å². The summed E-state index contributed by atoms with van der Waals surface area (Å²) in [6.45, 7) is 0. The molecule has 0 fully saturated rings. The highest BCUT2D eigenvalue weighted by Gasteiger charge is 2.18. The number of nitrogens with zero attached hydrogens (tertiary/aromatic N) is 2. The highest BCUT2D eigenvalue weighted by Crippen LogP contribution is 2.27. The number of allylic oxidation sites excluding steroid dienone is 1. The van der Waals surface area contributed by atoms with Crippen molar-refractivity contribution in [2.45, 2.75) is 6.42 Å². The lowest BCUT2D eigenvalue weighted by Crippen LogP contribution is -2.07. The van der Waals surface area contributed by atoms with Crippen molar-refractivity contribution in [1.29, 1.82) is 0 Å². The van der Waals surface area contributed by atoms with Crippen molar-refractivity contribution in [3.05, 3.63) is 46.7 Å². The molecule has 2 aliphatic rings. The van der Waals surface area contributed by atoms with Gasteiger partial charge >= 0.3 is 0 Å². The molecule has 1 aliphatic carbocycles. The van der Waals surface area contributed by atoms with E-state index in [1.807, 2.05) is 6.20 Å². The van der Waals surface area contributed by atoms with Gasteiger partial charge in [-0.3, -0.25) is 0 Å². The summed E-state index contributed by atoms with van der Waals surface area (Å²) >= 11 is 0.